The molecule has 1 aromatic heterocycles. The summed E-state index contributed by atoms with van der Waals surface area (Å²) in [5.41, 5.74) is 6.59. The quantitative estimate of drug-likeness (QED) is 0.854. The fourth-order valence-corrected chi connectivity index (χ4v) is 2.28. The number of halogens is 1. The summed E-state index contributed by atoms with van der Waals surface area (Å²) in [5, 5.41) is 0.938. The average Bonchev–Trinajstić information content (AvgIpc) is 2.16. The van der Waals surface area contributed by atoms with Crippen LogP contribution in [-0.4, -0.2) is 10.7 Å². The second-order valence-corrected chi connectivity index (χ2v) is 5.30. The van der Waals surface area contributed by atoms with Crippen LogP contribution in [0.4, 0.5) is 5.69 Å². The second kappa shape index (κ2) is 5.61. The lowest BCUT2D eigenvalue weighted by molar-refractivity contribution is 0.636. The van der Waals surface area contributed by atoms with Crippen LogP contribution in [0.25, 0.3) is 0 Å². The van der Waals surface area contributed by atoms with E-state index in [1.54, 1.807) is 18.0 Å². The molecule has 0 bridgehead atoms. The summed E-state index contributed by atoms with van der Waals surface area (Å²) in [6.45, 7) is 4.44. The zero-order valence-corrected chi connectivity index (χ0v) is 10.9. The first-order valence-electron chi connectivity index (χ1n) is 4.67. The molecule has 0 aliphatic heterocycles. The van der Waals surface area contributed by atoms with Crippen LogP contribution >= 0.6 is 27.7 Å². The summed E-state index contributed by atoms with van der Waals surface area (Å²) >= 11 is 5.07. The molecule has 4 heteroatoms. The molecule has 1 heterocycles. The molecule has 0 radical (unpaired) electrons. The van der Waals surface area contributed by atoms with Crippen LogP contribution < -0.4 is 5.73 Å². The molecule has 1 aromatic rings. The molecule has 0 saturated heterocycles. The SMILES string of the molecule is CCC(C)CSc1ncc(Br)cc1N. The van der Waals surface area contributed by atoms with Crippen LogP contribution in [0.2, 0.25) is 0 Å². The first kappa shape index (κ1) is 11.9. The zero-order valence-electron chi connectivity index (χ0n) is 8.46. The molecule has 0 aliphatic rings. The van der Waals surface area contributed by atoms with Crippen molar-refractivity contribution in [3.05, 3.63) is 16.7 Å². The van der Waals surface area contributed by atoms with Gasteiger partial charge in [-0.05, 0) is 27.9 Å². The van der Waals surface area contributed by atoms with Crippen molar-refractivity contribution in [3.8, 4) is 0 Å². The lowest BCUT2D eigenvalue weighted by atomic mass is 10.2. The van der Waals surface area contributed by atoms with Crippen LogP contribution in [0.3, 0.4) is 0 Å². The normalized spacial score (nSPS) is 12.8. The van der Waals surface area contributed by atoms with Gasteiger partial charge in [0.15, 0.2) is 0 Å². The predicted octanol–water partition coefficient (Wildman–Crippen LogP) is 3.56. The molecule has 0 spiro atoms. The highest BCUT2D eigenvalue weighted by atomic mass is 79.9. The van der Waals surface area contributed by atoms with Gasteiger partial charge in [-0.2, -0.15) is 0 Å². The van der Waals surface area contributed by atoms with E-state index in [2.05, 4.69) is 34.8 Å². The number of nitrogens with two attached hydrogens (primary N) is 1. The fourth-order valence-electron chi connectivity index (χ4n) is 0.902. The number of rotatable bonds is 4. The number of thioether (sulfide) groups is 1. The van der Waals surface area contributed by atoms with Crippen LogP contribution in [0.15, 0.2) is 21.8 Å². The molecule has 0 aromatic carbocycles. The standard InChI is InChI=1S/C10H15BrN2S/c1-3-7(2)6-14-10-9(12)4-8(11)5-13-10/h4-5,7H,3,6,12H2,1-2H3. The largest absolute Gasteiger partial charge is 0.397 e. The van der Waals surface area contributed by atoms with Crippen molar-refractivity contribution in [3.63, 3.8) is 0 Å². The molecule has 1 rings (SSSR count). The van der Waals surface area contributed by atoms with Crippen molar-refractivity contribution in [1.82, 2.24) is 4.98 Å². The van der Waals surface area contributed by atoms with Gasteiger partial charge >= 0.3 is 0 Å². The van der Waals surface area contributed by atoms with Gasteiger partial charge < -0.3 is 5.73 Å². The second-order valence-electron chi connectivity index (χ2n) is 3.37. The van der Waals surface area contributed by atoms with E-state index >= 15 is 0 Å². The van der Waals surface area contributed by atoms with Crippen molar-refractivity contribution >= 4 is 33.4 Å². The monoisotopic (exact) mass is 274 g/mol. The van der Waals surface area contributed by atoms with Crippen LogP contribution in [0.1, 0.15) is 20.3 Å². The molecular weight excluding hydrogens is 260 g/mol. The Kier molecular flexibility index (Phi) is 4.75. The van der Waals surface area contributed by atoms with E-state index in [0.717, 1.165) is 20.9 Å². The highest BCUT2D eigenvalue weighted by Gasteiger charge is 2.05. The maximum atomic E-state index is 5.84. The Morgan fingerprint density at radius 1 is 1.64 bits per heavy atom. The smallest absolute Gasteiger partial charge is 0.119 e. The molecule has 14 heavy (non-hydrogen) atoms. The summed E-state index contributed by atoms with van der Waals surface area (Å²) < 4.78 is 0.933. The van der Waals surface area contributed by atoms with Gasteiger partial charge in [0, 0.05) is 16.4 Å². The zero-order chi connectivity index (χ0) is 10.6. The van der Waals surface area contributed by atoms with Gasteiger partial charge in [0.1, 0.15) is 5.03 Å². The Labute approximate surface area is 97.8 Å². The minimum atomic E-state index is 0.713. The number of nitrogens with zero attached hydrogens (tertiary/aromatic N) is 1. The molecule has 0 fully saturated rings. The third-order valence-corrected chi connectivity index (χ3v) is 3.83. The minimum Gasteiger partial charge on any atom is -0.397 e. The van der Waals surface area contributed by atoms with E-state index in [-0.39, 0.29) is 0 Å². The molecular formula is C10H15BrN2S. The van der Waals surface area contributed by atoms with E-state index in [9.17, 15) is 0 Å². The van der Waals surface area contributed by atoms with E-state index in [4.69, 9.17) is 5.73 Å². The Morgan fingerprint density at radius 3 is 2.93 bits per heavy atom. The van der Waals surface area contributed by atoms with E-state index in [1.165, 1.54) is 6.42 Å². The Bertz CT molecular complexity index is 304. The van der Waals surface area contributed by atoms with Gasteiger partial charge in [-0.15, -0.1) is 11.8 Å². The van der Waals surface area contributed by atoms with Gasteiger partial charge in [-0.25, -0.2) is 4.98 Å². The summed E-state index contributed by atoms with van der Waals surface area (Å²) in [7, 11) is 0. The number of hydrogen-bond donors (Lipinski definition) is 1. The lowest BCUT2D eigenvalue weighted by Gasteiger charge is -2.08. The highest BCUT2D eigenvalue weighted by molar-refractivity contribution is 9.10. The number of hydrogen-bond acceptors (Lipinski definition) is 3. The lowest BCUT2D eigenvalue weighted by Crippen LogP contribution is -1.98. The molecule has 1 atom stereocenters. The maximum Gasteiger partial charge on any atom is 0.119 e. The molecule has 0 saturated carbocycles. The Morgan fingerprint density at radius 2 is 2.36 bits per heavy atom. The van der Waals surface area contributed by atoms with Crippen LogP contribution in [-0.2, 0) is 0 Å². The number of aromatic nitrogens is 1. The van der Waals surface area contributed by atoms with Gasteiger partial charge in [-0.1, -0.05) is 20.3 Å². The van der Waals surface area contributed by atoms with Crippen molar-refractivity contribution in [2.75, 3.05) is 11.5 Å². The summed E-state index contributed by atoms with van der Waals surface area (Å²) in [4.78, 5) is 4.28. The van der Waals surface area contributed by atoms with Gasteiger partial charge in [0.25, 0.3) is 0 Å². The van der Waals surface area contributed by atoms with Crippen molar-refractivity contribution in [2.45, 2.75) is 25.3 Å². The molecule has 78 valence electrons. The maximum absolute atomic E-state index is 5.84. The van der Waals surface area contributed by atoms with E-state index in [1.807, 2.05) is 6.07 Å². The molecule has 2 nitrogen and oxygen atoms in total. The third kappa shape index (κ3) is 3.50. The molecule has 2 N–H and O–H groups in total. The Hall–Kier alpha value is -0.220. The van der Waals surface area contributed by atoms with Crippen LogP contribution in [0.5, 0.6) is 0 Å². The number of pyridine rings is 1. The minimum absolute atomic E-state index is 0.713. The molecule has 1 unspecified atom stereocenters. The predicted molar refractivity (Wildman–Crippen MR) is 66.5 cm³/mol. The Balaban J connectivity index is 2.59. The van der Waals surface area contributed by atoms with Crippen molar-refractivity contribution in [1.29, 1.82) is 0 Å². The van der Waals surface area contributed by atoms with Crippen molar-refractivity contribution in [2.24, 2.45) is 5.92 Å². The van der Waals surface area contributed by atoms with Crippen molar-refractivity contribution < 1.29 is 0 Å². The van der Waals surface area contributed by atoms with E-state index in [0.29, 0.717) is 5.92 Å². The summed E-state index contributed by atoms with van der Waals surface area (Å²) in [6, 6.07) is 1.89. The average molecular weight is 275 g/mol. The molecule has 0 aliphatic carbocycles. The first-order valence-corrected chi connectivity index (χ1v) is 6.45. The number of anilines is 1. The summed E-state index contributed by atoms with van der Waals surface area (Å²) in [5.74, 6) is 1.79. The third-order valence-electron chi connectivity index (χ3n) is 2.05. The van der Waals surface area contributed by atoms with Crippen LogP contribution in [0, 0.1) is 5.92 Å². The fraction of sp³-hybridized carbons (Fsp3) is 0.500. The molecule has 0 amide bonds. The topological polar surface area (TPSA) is 38.9 Å². The van der Waals surface area contributed by atoms with Gasteiger partial charge in [0.2, 0.25) is 0 Å². The van der Waals surface area contributed by atoms with Gasteiger partial charge in [-0.3, -0.25) is 0 Å². The summed E-state index contributed by atoms with van der Waals surface area (Å²) in [6.07, 6.45) is 2.98. The van der Waals surface area contributed by atoms with E-state index < -0.39 is 0 Å². The first-order chi connectivity index (χ1) is 6.63. The van der Waals surface area contributed by atoms with Gasteiger partial charge in [0.05, 0.1) is 5.69 Å². The highest BCUT2D eigenvalue weighted by Crippen LogP contribution is 2.27. The number of nitrogen functional groups attached to an aromatic ring is 1.